The van der Waals surface area contributed by atoms with E-state index in [2.05, 4.69) is 20.4 Å². The van der Waals surface area contributed by atoms with E-state index >= 15 is 0 Å². The molecular formula is C15H22O2. The summed E-state index contributed by atoms with van der Waals surface area (Å²) in [4.78, 5) is 11.1. The predicted molar refractivity (Wildman–Crippen MR) is 68.6 cm³/mol. The number of carboxylic acids is 1. The average molecular weight is 234 g/mol. The quantitative estimate of drug-likeness (QED) is 0.740. The van der Waals surface area contributed by atoms with E-state index in [0.29, 0.717) is 35.7 Å². The van der Waals surface area contributed by atoms with E-state index in [9.17, 15) is 4.79 Å². The molecular weight excluding hydrogens is 212 g/mol. The van der Waals surface area contributed by atoms with Crippen molar-refractivity contribution in [1.29, 1.82) is 0 Å². The van der Waals surface area contributed by atoms with E-state index in [0.717, 1.165) is 12.8 Å². The first-order valence-electron chi connectivity index (χ1n) is 6.62. The van der Waals surface area contributed by atoms with E-state index in [4.69, 9.17) is 5.11 Å². The Morgan fingerprint density at radius 2 is 2.12 bits per heavy atom. The minimum atomic E-state index is -0.734. The van der Waals surface area contributed by atoms with Crippen molar-refractivity contribution in [2.45, 2.75) is 39.5 Å². The first-order valence-corrected chi connectivity index (χ1v) is 6.62. The Labute approximate surface area is 103 Å². The van der Waals surface area contributed by atoms with Crippen molar-refractivity contribution in [1.82, 2.24) is 0 Å². The van der Waals surface area contributed by atoms with Crippen LogP contribution in [0.3, 0.4) is 0 Å². The van der Waals surface area contributed by atoms with Crippen LogP contribution in [-0.4, -0.2) is 11.1 Å². The fourth-order valence-electron chi connectivity index (χ4n) is 3.52. The van der Waals surface area contributed by atoms with Gasteiger partial charge in [-0.1, -0.05) is 32.1 Å². The highest BCUT2D eigenvalue weighted by Crippen LogP contribution is 2.47. The maximum Gasteiger partial charge on any atom is 0.331 e. The molecule has 0 spiro atoms. The molecule has 3 atom stereocenters. The third kappa shape index (κ3) is 2.31. The van der Waals surface area contributed by atoms with Crippen LogP contribution in [0.1, 0.15) is 39.5 Å². The number of hydrogen-bond acceptors (Lipinski definition) is 1. The number of allylic oxidation sites excluding steroid dienone is 2. The minimum absolute atomic E-state index is 0.413. The zero-order valence-corrected chi connectivity index (χ0v) is 10.8. The Hall–Kier alpha value is -1.05. The van der Waals surface area contributed by atoms with Gasteiger partial charge in [0.1, 0.15) is 0 Å². The van der Waals surface area contributed by atoms with Gasteiger partial charge in [-0.05, 0) is 49.4 Å². The standard InChI is InChI=1S/C15H22O2/c1-9(2)12-6-4-10(3)13-7-5-11(15(16)17)8-14(12)13/h8-9,12-14H,3-7H2,1-2H3,(H,16,17)/t12-,13+,14+/m1/s1. The van der Waals surface area contributed by atoms with Crippen LogP contribution in [0.25, 0.3) is 0 Å². The Morgan fingerprint density at radius 1 is 1.41 bits per heavy atom. The molecule has 1 saturated carbocycles. The summed E-state index contributed by atoms with van der Waals surface area (Å²) in [6.07, 6.45) is 6.01. The molecule has 2 heteroatoms. The van der Waals surface area contributed by atoms with Crippen LogP contribution in [0.2, 0.25) is 0 Å². The maximum absolute atomic E-state index is 11.1. The normalized spacial score (nSPS) is 33.2. The second-order valence-corrected chi connectivity index (χ2v) is 5.82. The van der Waals surface area contributed by atoms with Gasteiger partial charge < -0.3 is 5.11 Å². The van der Waals surface area contributed by atoms with Crippen LogP contribution in [0.5, 0.6) is 0 Å². The van der Waals surface area contributed by atoms with Crippen LogP contribution < -0.4 is 0 Å². The molecule has 0 aromatic heterocycles. The van der Waals surface area contributed by atoms with Gasteiger partial charge in [-0.25, -0.2) is 4.79 Å². The third-order valence-electron chi connectivity index (χ3n) is 4.53. The van der Waals surface area contributed by atoms with Gasteiger partial charge in [0.2, 0.25) is 0 Å². The summed E-state index contributed by atoms with van der Waals surface area (Å²) in [5.41, 5.74) is 1.96. The molecule has 0 radical (unpaired) electrons. The summed E-state index contributed by atoms with van der Waals surface area (Å²) in [7, 11) is 0. The molecule has 1 N–H and O–H groups in total. The van der Waals surface area contributed by atoms with Crippen molar-refractivity contribution in [3.8, 4) is 0 Å². The van der Waals surface area contributed by atoms with Crippen molar-refractivity contribution in [3.63, 3.8) is 0 Å². The molecule has 1 fully saturated rings. The molecule has 2 aliphatic carbocycles. The zero-order valence-electron chi connectivity index (χ0n) is 10.8. The van der Waals surface area contributed by atoms with Crippen LogP contribution in [-0.2, 0) is 4.79 Å². The lowest BCUT2D eigenvalue weighted by Gasteiger charge is -2.42. The lowest BCUT2D eigenvalue weighted by atomic mass is 9.62. The van der Waals surface area contributed by atoms with Gasteiger partial charge in [0.05, 0.1) is 0 Å². The number of hydrogen-bond donors (Lipinski definition) is 1. The Bertz CT molecular complexity index is 365. The fourth-order valence-corrected chi connectivity index (χ4v) is 3.52. The van der Waals surface area contributed by atoms with Crippen molar-refractivity contribution in [3.05, 3.63) is 23.8 Å². The van der Waals surface area contributed by atoms with Gasteiger partial charge in [0.15, 0.2) is 0 Å². The first-order chi connectivity index (χ1) is 8.00. The zero-order chi connectivity index (χ0) is 12.6. The van der Waals surface area contributed by atoms with Gasteiger partial charge in [-0.3, -0.25) is 0 Å². The fraction of sp³-hybridized carbons (Fsp3) is 0.667. The van der Waals surface area contributed by atoms with E-state index in [-0.39, 0.29) is 0 Å². The molecule has 0 aliphatic heterocycles. The van der Waals surface area contributed by atoms with Crippen molar-refractivity contribution in [2.24, 2.45) is 23.7 Å². The van der Waals surface area contributed by atoms with Gasteiger partial charge in [-0.2, -0.15) is 0 Å². The summed E-state index contributed by atoms with van der Waals surface area (Å²) in [6, 6.07) is 0. The summed E-state index contributed by atoms with van der Waals surface area (Å²) in [6.45, 7) is 8.68. The average Bonchev–Trinajstić information content (AvgIpc) is 2.28. The van der Waals surface area contributed by atoms with Crippen molar-refractivity contribution in [2.75, 3.05) is 0 Å². The molecule has 2 aliphatic rings. The molecule has 17 heavy (non-hydrogen) atoms. The van der Waals surface area contributed by atoms with Gasteiger partial charge >= 0.3 is 5.97 Å². The smallest absolute Gasteiger partial charge is 0.331 e. The molecule has 0 amide bonds. The molecule has 2 rings (SSSR count). The Kier molecular flexibility index (Phi) is 3.41. The lowest BCUT2D eigenvalue weighted by Crippen LogP contribution is -2.34. The Morgan fingerprint density at radius 3 is 2.71 bits per heavy atom. The number of carboxylic acid groups (broad SMARTS) is 1. The summed E-state index contributed by atoms with van der Waals surface area (Å²) >= 11 is 0. The van der Waals surface area contributed by atoms with E-state index in [1.165, 1.54) is 12.0 Å². The van der Waals surface area contributed by atoms with Crippen LogP contribution >= 0.6 is 0 Å². The molecule has 2 nitrogen and oxygen atoms in total. The van der Waals surface area contributed by atoms with Crippen LogP contribution in [0.15, 0.2) is 23.8 Å². The highest BCUT2D eigenvalue weighted by molar-refractivity contribution is 5.86. The predicted octanol–water partition coefficient (Wildman–Crippen LogP) is 3.65. The van der Waals surface area contributed by atoms with Gasteiger partial charge in [0.25, 0.3) is 0 Å². The van der Waals surface area contributed by atoms with E-state index < -0.39 is 5.97 Å². The van der Waals surface area contributed by atoms with Crippen molar-refractivity contribution >= 4 is 5.97 Å². The van der Waals surface area contributed by atoms with Crippen molar-refractivity contribution < 1.29 is 9.90 Å². The summed E-state index contributed by atoms with van der Waals surface area (Å²) in [5, 5.41) is 9.13. The maximum atomic E-state index is 11.1. The van der Waals surface area contributed by atoms with Crippen LogP contribution in [0, 0.1) is 23.7 Å². The number of rotatable bonds is 2. The van der Waals surface area contributed by atoms with Crippen LogP contribution in [0.4, 0.5) is 0 Å². The second kappa shape index (κ2) is 4.67. The number of carbonyl (C=O) groups is 1. The highest BCUT2D eigenvalue weighted by Gasteiger charge is 2.38. The molecule has 0 aromatic rings. The molecule has 0 heterocycles. The number of aliphatic carboxylic acids is 1. The monoisotopic (exact) mass is 234 g/mol. The highest BCUT2D eigenvalue weighted by atomic mass is 16.4. The minimum Gasteiger partial charge on any atom is -0.478 e. The van der Waals surface area contributed by atoms with E-state index in [1.54, 1.807) is 0 Å². The first kappa shape index (κ1) is 12.4. The molecule has 94 valence electrons. The van der Waals surface area contributed by atoms with E-state index in [1.807, 2.05) is 6.08 Å². The largest absolute Gasteiger partial charge is 0.478 e. The number of fused-ring (bicyclic) bond motifs is 1. The molecule has 0 aromatic carbocycles. The second-order valence-electron chi connectivity index (χ2n) is 5.82. The third-order valence-corrected chi connectivity index (χ3v) is 4.53. The Balaban J connectivity index is 2.28. The van der Waals surface area contributed by atoms with Gasteiger partial charge in [-0.15, -0.1) is 0 Å². The molecule has 0 unspecified atom stereocenters. The molecule has 0 bridgehead atoms. The van der Waals surface area contributed by atoms with Gasteiger partial charge in [0, 0.05) is 5.57 Å². The lowest BCUT2D eigenvalue weighted by molar-refractivity contribution is -0.133. The summed E-state index contributed by atoms with van der Waals surface area (Å²) in [5.74, 6) is 1.46. The SMILES string of the molecule is C=C1CC[C@H](C(C)C)[C@@H]2C=C(C(=O)O)CC[C@@H]12. The topological polar surface area (TPSA) is 37.3 Å². The molecule has 0 saturated heterocycles. The summed E-state index contributed by atoms with van der Waals surface area (Å²) < 4.78 is 0.